The molecule has 0 radical (unpaired) electrons. The summed E-state index contributed by atoms with van der Waals surface area (Å²) in [5.41, 5.74) is 0. The molecule has 256 valence electrons. The lowest BCUT2D eigenvalue weighted by Gasteiger charge is -2.38. The number of unbranched alkanes of at least 4 members (excludes halogenated alkanes) is 3. The normalized spacial score (nSPS) is 24.4. The molecule has 3 heterocycles. The third kappa shape index (κ3) is 11.1. The number of amides is 6. The number of carbonyl (C=O) groups is 5. The van der Waals surface area contributed by atoms with Crippen LogP contribution in [0, 0.1) is 0 Å². The minimum Gasteiger partial charge on any atom is -0.341 e. The van der Waals surface area contributed by atoms with E-state index in [1.54, 1.807) is 23.8 Å². The Labute approximate surface area is 269 Å². The number of likely N-dealkylation sites (N-methyl/N-ethyl adjacent to an activating group) is 1. The number of nitrogens with zero attached hydrogens (tertiary/aromatic N) is 4. The maximum atomic E-state index is 13.5. The molecule has 3 fully saturated rings. The van der Waals surface area contributed by atoms with Gasteiger partial charge in [-0.3, -0.25) is 9.59 Å². The van der Waals surface area contributed by atoms with Gasteiger partial charge in [-0.25, -0.2) is 9.59 Å². The molecule has 3 aliphatic heterocycles. The number of nitrogens with one attached hydrogen (secondary N) is 4. The third-order valence-corrected chi connectivity index (χ3v) is 9.77. The van der Waals surface area contributed by atoms with Crippen molar-refractivity contribution in [1.29, 1.82) is 0 Å². The van der Waals surface area contributed by atoms with Gasteiger partial charge in [0.15, 0.2) is 0 Å². The molecule has 3 aliphatic rings. The summed E-state index contributed by atoms with van der Waals surface area (Å²) in [5.74, 6) is -0.374. The molecule has 3 saturated heterocycles. The lowest BCUT2D eigenvalue weighted by molar-refractivity contribution is -0.140. The van der Waals surface area contributed by atoms with E-state index in [-0.39, 0.29) is 42.5 Å². The summed E-state index contributed by atoms with van der Waals surface area (Å²) in [6.07, 6.45) is 10.5. The van der Waals surface area contributed by atoms with Gasteiger partial charge >= 0.3 is 12.1 Å². The highest BCUT2D eigenvalue weighted by Gasteiger charge is 2.41. The number of urea groups is 2. The summed E-state index contributed by atoms with van der Waals surface area (Å²) in [5, 5.41) is 11.8. The van der Waals surface area contributed by atoms with Crippen molar-refractivity contribution in [3.8, 4) is 0 Å². The van der Waals surface area contributed by atoms with Crippen LogP contribution in [0.25, 0.3) is 0 Å². The van der Waals surface area contributed by atoms with E-state index in [0.717, 1.165) is 70.6 Å². The van der Waals surface area contributed by atoms with Crippen molar-refractivity contribution in [3.63, 3.8) is 0 Å². The Balaban J connectivity index is 1.37. The number of hydrogen-bond acceptors (Lipinski definition) is 7. The number of rotatable bonds is 16. The molecule has 0 saturated carbocycles. The SMILES string of the molecule is CNC(C)C(=O)NC1CN(C(=O)NCCCCCCNC(=O)N(CCC=O)CC[C@@H]2CCCN2C)CC[C@H]2CCC(C)N2C1=O. The van der Waals surface area contributed by atoms with E-state index < -0.39 is 12.1 Å². The smallest absolute Gasteiger partial charge is 0.317 e. The molecule has 0 bridgehead atoms. The summed E-state index contributed by atoms with van der Waals surface area (Å²) >= 11 is 0. The number of hydrogen-bond donors (Lipinski definition) is 4. The van der Waals surface area contributed by atoms with Crippen molar-refractivity contribution < 1.29 is 24.0 Å². The van der Waals surface area contributed by atoms with E-state index in [1.807, 2.05) is 4.90 Å². The van der Waals surface area contributed by atoms with Crippen molar-refractivity contribution in [2.24, 2.45) is 0 Å². The predicted molar refractivity (Wildman–Crippen MR) is 174 cm³/mol. The summed E-state index contributed by atoms with van der Waals surface area (Å²) in [7, 11) is 3.83. The average molecular weight is 635 g/mol. The molecule has 3 unspecified atom stereocenters. The first-order valence-electron chi connectivity index (χ1n) is 17.2. The van der Waals surface area contributed by atoms with Crippen LogP contribution in [-0.4, -0.2) is 140 Å². The molecule has 0 spiro atoms. The molecule has 13 heteroatoms. The van der Waals surface area contributed by atoms with Crippen LogP contribution in [0.4, 0.5) is 9.59 Å². The minimum atomic E-state index is -0.781. The minimum absolute atomic E-state index is 0.0795. The van der Waals surface area contributed by atoms with Crippen molar-refractivity contribution in [1.82, 2.24) is 40.9 Å². The Bertz CT molecular complexity index is 983. The van der Waals surface area contributed by atoms with Gasteiger partial charge in [-0.2, -0.15) is 0 Å². The number of aldehydes is 1. The third-order valence-electron chi connectivity index (χ3n) is 9.77. The quantitative estimate of drug-likeness (QED) is 0.149. The number of fused-ring (bicyclic) bond motifs is 1. The summed E-state index contributed by atoms with van der Waals surface area (Å²) < 4.78 is 0. The first-order chi connectivity index (χ1) is 21.7. The van der Waals surface area contributed by atoms with Gasteiger partial charge in [0.1, 0.15) is 12.3 Å². The van der Waals surface area contributed by atoms with Gasteiger partial charge in [0.05, 0.1) is 12.6 Å². The van der Waals surface area contributed by atoms with Crippen LogP contribution in [0.5, 0.6) is 0 Å². The summed E-state index contributed by atoms with van der Waals surface area (Å²) in [6.45, 7) is 7.75. The highest BCUT2D eigenvalue weighted by Crippen LogP contribution is 2.28. The summed E-state index contributed by atoms with van der Waals surface area (Å²) in [4.78, 5) is 70.7. The second kappa shape index (κ2) is 18.9. The van der Waals surface area contributed by atoms with Crippen molar-refractivity contribution >= 4 is 30.2 Å². The molecule has 4 N–H and O–H groups in total. The van der Waals surface area contributed by atoms with Gasteiger partial charge in [0.25, 0.3) is 0 Å². The second-order valence-electron chi connectivity index (χ2n) is 13.0. The Morgan fingerprint density at radius 1 is 1.00 bits per heavy atom. The zero-order chi connectivity index (χ0) is 32.8. The van der Waals surface area contributed by atoms with Gasteiger partial charge in [-0.05, 0) is 85.9 Å². The first kappa shape index (κ1) is 36.5. The molecular formula is C32H58N8O5. The maximum Gasteiger partial charge on any atom is 0.317 e. The fourth-order valence-corrected chi connectivity index (χ4v) is 6.74. The maximum absolute atomic E-state index is 13.5. The lowest BCUT2D eigenvalue weighted by Crippen LogP contribution is -2.61. The molecule has 5 atom stereocenters. The molecular weight excluding hydrogens is 576 g/mol. The van der Waals surface area contributed by atoms with Crippen LogP contribution in [0.1, 0.15) is 84.5 Å². The zero-order valence-electron chi connectivity index (χ0n) is 28.0. The van der Waals surface area contributed by atoms with Gasteiger partial charge in [-0.1, -0.05) is 12.8 Å². The molecule has 6 amide bonds. The van der Waals surface area contributed by atoms with E-state index in [4.69, 9.17) is 0 Å². The van der Waals surface area contributed by atoms with Crippen molar-refractivity contribution in [2.75, 3.05) is 59.9 Å². The molecule has 13 nitrogen and oxygen atoms in total. The van der Waals surface area contributed by atoms with Crippen LogP contribution in [0.15, 0.2) is 0 Å². The van der Waals surface area contributed by atoms with Gasteiger partial charge < -0.3 is 45.7 Å². The largest absolute Gasteiger partial charge is 0.341 e. The topological polar surface area (TPSA) is 146 Å². The van der Waals surface area contributed by atoms with Gasteiger partial charge in [-0.15, -0.1) is 0 Å². The first-order valence-corrected chi connectivity index (χ1v) is 17.2. The molecule has 0 aliphatic carbocycles. The van der Waals surface area contributed by atoms with Crippen LogP contribution in [0.3, 0.4) is 0 Å². The number of carbonyl (C=O) groups excluding carboxylic acids is 5. The highest BCUT2D eigenvalue weighted by atomic mass is 16.2. The molecule has 0 aromatic rings. The standard InChI is InChI=1S/C32H58N8O5/c1-24-12-13-27-15-21-39(23-28(30(43)40(24)27)36-29(42)25(2)33-3)32(45)35-17-8-6-5-7-16-34-31(44)38(19-10-22-41)20-14-26-11-9-18-37(26)4/h22,24-28,33H,5-21,23H2,1-4H3,(H,34,44)(H,35,45)(H,36,42)/t24?,25?,26-,27+,28?/m0/s1. The average Bonchev–Trinajstić information content (AvgIpc) is 3.61. The number of likely N-dealkylation sites (tertiary alicyclic amines) is 1. The zero-order valence-corrected chi connectivity index (χ0v) is 28.0. The molecule has 45 heavy (non-hydrogen) atoms. The van der Waals surface area contributed by atoms with Crippen LogP contribution in [-0.2, 0) is 14.4 Å². The van der Waals surface area contributed by atoms with E-state index in [1.165, 1.54) is 6.42 Å². The fraction of sp³-hybridized carbons (Fsp3) is 0.844. The van der Waals surface area contributed by atoms with E-state index in [2.05, 4.69) is 40.1 Å². The van der Waals surface area contributed by atoms with Crippen molar-refractivity contribution in [2.45, 2.75) is 115 Å². The van der Waals surface area contributed by atoms with E-state index in [9.17, 15) is 24.0 Å². The highest BCUT2D eigenvalue weighted by molar-refractivity contribution is 5.91. The predicted octanol–water partition coefficient (Wildman–Crippen LogP) is 1.52. The fourth-order valence-electron chi connectivity index (χ4n) is 6.74. The van der Waals surface area contributed by atoms with Crippen LogP contribution >= 0.6 is 0 Å². The summed E-state index contributed by atoms with van der Waals surface area (Å²) in [6, 6.07) is -0.846. The van der Waals surface area contributed by atoms with E-state index >= 15 is 0 Å². The molecule has 3 rings (SSSR count). The Morgan fingerprint density at radius 3 is 2.40 bits per heavy atom. The molecule has 0 aromatic heterocycles. The van der Waals surface area contributed by atoms with Gasteiger partial charge in [0.2, 0.25) is 11.8 Å². The molecule has 0 aromatic carbocycles. The Hall–Kier alpha value is -2.93. The Kier molecular flexibility index (Phi) is 15.3. The monoisotopic (exact) mass is 634 g/mol. The van der Waals surface area contributed by atoms with Crippen LogP contribution in [0.2, 0.25) is 0 Å². The van der Waals surface area contributed by atoms with E-state index in [0.29, 0.717) is 45.2 Å². The second-order valence-corrected chi connectivity index (χ2v) is 13.0. The Morgan fingerprint density at radius 2 is 1.73 bits per heavy atom. The lowest BCUT2D eigenvalue weighted by atomic mass is 10.1. The van der Waals surface area contributed by atoms with Gasteiger partial charge in [0, 0.05) is 57.3 Å². The van der Waals surface area contributed by atoms with Crippen LogP contribution < -0.4 is 21.3 Å². The van der Waals surface area contributed by atoms with Crippen molar-refractivity contribution in [3.05, 3.63) is 0 Å².